The molecule has 0 atom stereocenters. The number of ether oxygens (including phenoxy) is 3. The summed E-state index contributed by atoms with van der Waals surface area (Å²) in [5.74, 6) is 1.93. The molecule has 2 heterocycles. The Morgan fingerprint density at radius 3 is 2.97 bits per heavy atom. The predicted molar refractivity (Wildman–Crippen MR) is 113 cm³/mol. The number of nitrogens with one attached hydrogen (secondary N) is 1. The molecule has 29 heavy (non-hydrogen) atoms. The second-order valence-electron chi connectivity index (χ2n) is 6.64. The van der Waals surface area contributed by atoms with Crippen LogP contribution in [0.1, 0.15) is 36.5 Å². The lowest BCUT2D eigenvalue weighted by Gasteiger charge is -2.07. The van der Waals surface area contributed by atoms with Crippen LogP contribution in [0.4, 0.5) is 5.13 Å². The van der Waals surface area contributed by atoms with Gasteiger partial charge < -0.3 is 14.2 Å². The van der Waals surface area contributed by atoms with Gasteiger partial charge in [0.15, 0.2) is 16.6 Å². The summed E-state index contributed by atoms with van der Waals surface area (Å²) in [6.45, 7) is 3.05. The summed E-state index contributed by atoms with van der Waals surface area (Å²) in [7, 11) is 0. The standard InChI is InChI=1S/C22H22N2O4S/c1-2-3-4-10-26-17-7-5-6-16(11-17)21(25)24-22-23-18(13-29-22)15-8-9-19-20(12-15)28-14-27-19/h5-9,11-13H,2-4,10,14H2,1H3,(H,23,24,25). The zero-order chi connectivity index (χ0) is 20.1. The number of thiazole rings is 1. The van der Waals surface area contributed by atoms with E-state index in [-0.39, 0.29) is 12.7 Å². The van der Waals surface area contributed by atoms with Gasteiger partial charge in [0.2, 0.25) is 6.79 Å². The quantitative estimate of drug-likeness (QED) is 0.506. The summed E-state index contributed by atoms with van der Waals surface area (Å²) in [5.41, 5.74) is 2.22. The van der Waals surface area contributed by atoms with Crippen molar-refractivity contribution in [3.05, 3.63) is 53.4 Å². The summed E-state index contributed by atoms with van der Waals surface area (Å²) >= 11 is 1.38. The molecule has 0 bridgehead atoms. The first-order valence-electron chi connectivity index (χ1n) is 9.62. The van der Waals surface area contributed by atoms with Gasteiger partial charge >= 0.3 is 0 Å². The largest absolute Gasteiger partial charge is 0.494 e. The highest BCUT2D eigenvalue weighted by Gasteiger charge is 2.16. The maximum atomic E-state index is 12.6. The fourth-order valence-corrected chi connectivity index (χ4v) is 3.67. The van der Waals surface area contributed by atoms with Crippen LogP contribution in [0.25, 0.3) is 11.3 Å². The third-order valence-electron chi connectivity index (χ3n) is 4.51. The lowest BCUT2D eigenvalue weighted by molar-refractivity contribution is 0.102. The normalized spacial score (nSPS) is 12.0. The van der Waals surface area contributed by atoms with Crippen molar-refractivity contribution < 1.29 is 19.0 Å². The molecule has 0 aliphatic carbocycles. The SMILES string of the molecule is CCCCCOc1cccc(C(=O)Nc2nc(-c3ccc4c(c3)OCO4)cs2)c1. The van der Waals surface area contributed by atoms with Gasteiger partial charge in [-0.3, -0.25) is 10.1 Å². The third-order valence-corrected chi connectivity index (χ3v) is 5.26. The fraction of sp³-hybridized carbons (Fsp3) is 0.273. The second-order valence-corrected chi connectivity index (χ2v) is 7.50. The molecule has 6 nitrogen and oxygen atoms in total. The molecule has 1 N–H and O–H groups in total. The smallest absolute Gasteiger partial charge is 0.257 e. The van der Waals surface area contributed by atoms with Gasteiger partial charge in [-0.2, -0.15) is 0 Å². The number of hydrogen-bond acceptors (Lipinski definition) is 6. The van der Waals surface area contributed by atoms with Crippen LogP contribution >= 0.6 is 11.3 Å². The maximum Gasteiger partial charge on any atom is 0.257 e. The van der Waals surface area contributed by atoms with Crippen molar-refractivity contribution in [2.75, 3.05) is 18.7 Å². The summed E-state index contributed by atoms with van der Waals surface area (Å²) < 4.78 is 16.5. The fourth-order valence-electron chi connectivity index (χ4n) is 2.96. The highest BCUT2D eigenvalue weighted by Crippen LogP contribution is 2.36. The molecule has 0 radical (unpaired) electrons. The number of carbonyl (C=O) groups excluding carboxylic acids is 1. The molecule has 150 valence electrons. The van der Waals surface area contributed by atoms with Crippen LogP contribution in [0.5, 0.6) is 17.2 Å². The Morgan fingerprint density at radius 2 is 2.07 bits per heavy atom. The van der Waals surface area contributed by atoms with Crippen LogP contribution in [-0.4, -0.2) is 24.3 Å². The molecule has 0 unspecified atom stereocenters. The molecule has 1 aliphatic heterocycles. The van der Waals surface area contributed by atoms with Crippen LogP contribution in [0.15, 0.2) is 47.8 Å². The molecule has 1 aliphatic rings. The monoisotopic (exact) mass is 410 g/mol. The molecule has 3 aromatic rings. The first-order chi connectivity index (χ1) is 14.2. The first kappa shape index (κ1) is 19.3. The van der Waals surface area contributed by atoms with Crippen molar-refractivity contribution in [2.24, 2.45) is 0 Å². The summed E-state index contributed by atoms with van der Waals surface area (Å²) in [6.07, 6.45) is 3.29. The van der Waals surface area contributed by atoms with Crippen LogP contribution in [0, 0.1) is 0 Å². The number of fused-ring (bicyclic) bond motifs is 1. The van der Waals surface area contributed by atoms with Gasteiger partial charge in [0.05, 0.1) is 12.3 Å². The molecule has 4 rings (SSSR count). The van der Waals surface area contributed by atoms with Gasteiger partial charge in [0, 0.05) is 16.5 Å². The number of aromatic nitrogens is 1. The van der Waals surface area contributed by atoms with Gasteiger partial charge in [-0.1, -0.05) is 25.8 Å². The van der Waals surface area contributed by atoms with Crippen molar-refractivity contribution in [2.45, 2.75) is 26.2 Å². The lowest BCUT2D eigenvalue weighted by Crippen LogP contribution is -2.11. The number of carbonyl (C=O) groups is 1. The Kier molecular flexibility index (Phi) is 5.95. The Morgan fingerprint density at radius 1 is 1.17 bits per heavy atom. The van der Waals surface area contributed by atoms with Gasteiger partial charge in [-0.15, -0.1) is 11.3 Å². The maximum absolute atomic E-state index is 12.6. The topological polar surface area (TPSA) is 69.7 Å². The number of nitrogens with zero attached hydrogens (tertiary/aromatic N) is 1. The van der Waals surface area contributed by atoms with E-state index < -0.39 is 0 Å². The number of rotatable bonds is 8. The van der Waals surface area contributed by atoms with E-state index in [9.17, 15) is 4.79 Å². The minimum atomic E-state index is -0.212. The van der Waals surface area contributed by atoms with E-state index in [2.05, 4.69) is 17.2 Å². The Balaban J connectivity index is 1.40. The van der Waals surface area contributed by atoms with Gasteiger partial charge in [0.1, 0.15) is 5.75 Å². The van der Waals surface area contributed by atoms with Crippen LogP contribution in [0.3, 0.4) is 0 Å². The average Bonchev–Trinajstić information content (AvgIpc) is 3.40. The Hall–Kier alpha value is -3.06. The van der Waals surface area contributed by atoms with Gasteiger partial charge in [-0.25, -0.2) is 4.98 Å². The van der Waals surface area contributed by atoms with E-state index in [1.165, 1.54) is 11.3 Å². The van der Waals surface area contributed by atoms with Crippen LogP contribution < -0.4 is 19.5 Å². The van der Waals surface area contributed by atoms with Crippen LogP contribution in [0.2, 0.25) is 0 Å². The zero-order valence-corrected chi connectivity index (χ0v) is 17.0. The van der Waals surface area contributed by atoms with Crippen molar-refractivity contribution in [1.82, 2.24) is 4.98 Å². The molecular weight excluding hydrogens is 388 g/mol. The number of amides is 1. The van der Waals surface area contributed by atoms with E-state index in [1.807, 2.05) is 35.7 Å². The van der Waals surface area contributed by atoms with E-state index in [0.29, 0.717) is 28.8 Å². The molecule has 0 saturated carbocycles. The van der Waals surface area contributed by atoms with Crippen LogP contribution in [-0.2, 0) is 0 Å². The first-order valence-corrected chi connectivity index (χ1v) is 10.5. The van der Waals surface area contributed by atoms with Gasteiger partial charge in [-0.05, 0) is 42.8 Å². The molecule has 0 fully saturated rings. The lowest BCUT2D eigenvalue weighted by atomic mass is 10.1. The van der Waals surface area contributed by atoms with E-state index in [1.54, 1.807) is 12.1 Å². The van der Waals surface area contributed by atoms with Crippen molar-refractivity contribution in [3.8, 4) is 28.5 Å². The molecule has 0 saturated heterocycles. The highest BCUT2D eigenvalue weighted by atomic mass is 32.1. The number of anilines is 1. The molecule has 0 spiro atoms. The van der Waals surface area contributed by atoms with Crippen molar-refractivity contribution in [1.29, 1.82) is 0 Å². The molecule has 1 aromatic heterocycles. The third kappa shape index (κ3) is 4.68. The number of unbranched alkanes of at least 4 members (excludes halogenated alkanes) is 2. The number of hydrogen-bond donors (Lipinski definition) is 1. The molecular formula is C22H22N2O4S. The Bertz CT molecular complexity index is 1000. The van der Waals surface area contributed by atoms with E-state index in [4.69, 9.17) is 14.2 Å². The van der Waals surface area contributed by atoms with E-state index >= 15 is 0 Å². The average molecular weight is 410 g/mol. The second kappa shape index (κ2) is 8.96. The number of benzene rings is 2. The molecule has 1 amide bonds. The van der Waals surface area contributed by atoms with Gasteiger partial charge in [0.25, 0.3) is 5.91 Å². The minimum absolute atomic E-state index is 0.212. The highest BCUT2D eigenvalue weighted by molar-refractivity contribution is 7.14. The summed E-state index contributed by atoms with van der Waals surface area (Å²) in [6, 6.07) is 12.9. The molecule has 2 aromatic carbocycles. The summed E-state index contributed by atoms with van der Waals surface area (Å²) in [4.78, 5) is 17.1. The zero-order valence-electron chi connectivity index (χ0n) is 16.1. The Labute approximate surface area is 173 Å². The van der Waals surface area contributed by atoms with E-state index in [0.717, 1.165) is 36.3 Å². The van der Waals surface area contributed by atoms with Crippen molar-refractivity contribution >= 4 is 22.4 Å². The predicted octanol–water partition coefficient (Wildman–Crippen LogP) is 5.36. The minimum Gasteiger partial charge on any atom is -0.494 e. The molecule has 7 heteroatoms. The summed E-state index contributed by atoms with van der Waals surface area (Å²) in [5, 5.41) is 5.30. The van der Waals surface area contributed by atoms with Crippen molar-refractivity contribution in [3.63, 3.8) is 0 Å².